The van der Waals surface area contributed by atoms with Gasteiger partial charge in [-0.15, -0.1) is 0 Å². The Hall–Kier alpha value is -2.10. The van der Waals surface area contributed by atoms with Crippen LogP contribution >= 0.6 is 0 Å². The Kier molecular flexibility index (Phi) is 2.95. The summed E-state index contributed by atoms with van der Waals surface area (Å²) in [6, 6.07) is 6.99. The standard InChI is InChI=1S/C13H12O4/c1-2-5-9-8-6-3-4-7-10(8)17-13(16)11(9)12(14)15/h3-4,6-7H,2,5H2,1H3,(H,14,15). The van der Waals surface area contributed by atoms with Crippen molar-refractivity contribution >= 4 is 16.9 Å². The zero-order chi connectivity index (χ0) is 12.4. The van der Waals surface area contributed by atoms with Gasteiger partial charge in [-0.2, -0.15) is 0 Å². The van der Waals surface area contributed by atoms with Crippen LogP contribution in [-0.4, -0.2) is 11.1 Å². The van der Waals surface area contributed by atoms with Crippen LogP contribution in [0.1, 0.15) is 29.3 Å². The van der Waals surface area contributed by atoms with Gasteiger partial charge in [0.15, 0.2) is 0 Å². The van der Waals surface area contributed by atoms with Gasteiger partial charge in [0.1, 0.15) is 11.1 Å². The number of para-hydroxylation sites is 1. The summed E-state index contributed by atoms with van der Waals surface area (Å²) in [5.74, 6) is -1.23. The highest BCUT2D eigenvalue weighted by Crippen LogP contribution is 2.21. The second-order valence-corrected chi connectivity index (χ2v) is 3.79. The number of benzene rings is 1. The summed E-state index contributed by atoms with van der Waals surface area (Å²) in [6.07, 6.45) is 1.32. The lowest BCUT2D eigenvalue weighted by molar-refractivity contribution is 0.0691. The van der Waals surface area contributed by atoms with Crippen molar-refractivity contribution in [3.8, 4) is 0 Å². The molecule has 0 saturated heterocycles. The second-order valence-electron chi connectivity index (χ2n) is 3.79. The van der Waals surface area contributed by atoms with Crippen LogP contribution in [-0.2, 0) is 6.42 Å². The van der Waals surface area contributed by atoms with Crippen molar-refractivity contribution < 1.29 is 14.3 Å². The molecule has 0 saturated carbocycles. The predicted molar refractivity (Wildman–Crippen MR) is 63.4 cm³/mol. The monoisotopic (exact) mass is 232 g/mol. The molecule has 4 heteroatoms. The summed E-state index contributed by atoms with van der Waals surface area (Å²) >= 11 is 0. The van der Waals surface area contributed by atoms with Gasteiger partial charge >= 0.3 is 11.6 Å². The molecule has 4 nitrogen and oxygen atoms in total. The van der Waals surface area contributed by atoms with Crippen LogP contribution in [0.3, 0.4) is 0 Å². The number of hydrogen-bond donors (Lipinski definition) is 1. The van der Waals surface area contributed by atoms with Crippen LogP contribution in [0, 0.1) is 0 Å². The SMILES string of the molecule is CCCc1c(C(=O)O)c(=O)oc2ccccc12. The Morgan fingerprint density at radius 2 is 2.06 bits per heavy atom. The van der Waals surface area contributed by atoms with E-state index in [1.807, 2.05) is 6.92 Å². The third-order valence-corrected chi connectivity index (χ3v) is 2.63. The molecule has 0 aliphatic carbocycles. The number of aromatic carboxylic acids is 1. The van der Waals surface area contributed by atoms with Crippen molar-refractivity contribution in [1.29, 1.82) is 0 Å². The molecule has 88 valence electrons. The number of aryl methyl sites for hydroxylation is 1. The molecule has 1 aromatic heterocycles. The minimum Gasteiger partial charge on any atom is -0.477 e. The van der Waals surface area contributed by atoms with Gasteiger partial charge in [0.25, 0.3) is 0 Å². The van der Waals surface area contributed by atoms with E-state index < -0.39 is 11.6 Å². The molecule has 17 heavy (non-hydrogen) atoms. The van der Waals surface area contributed by atoms with Crippen LogP contribution < -0.4 is 5.63 Å². The second kappa shape index (κ2) is 4.41. The maximum Gasteiger partial charge on any atom is 0.351 e. The Labute approximate surface area is 97.5 Å². The molecule has 1 heterocycles. The Bertz CT molecular complexity index is 625. The van der Waals surface area contributed by atoms with Gasteiger partial charge < -0.3 is 9.52 Å². The smallest absolute Gasteiger partial charge is 0.351 e. The lowest BCUT2D eigenvalue weighted by Crippen LogP contribution is -2.17. The highest BCUT2D eigenvalue weighted by atomic mass is 16.4. The number of rotatable bonds is 3. The Morgan fingerprint density at radius 3 is 2.71 bits per heavy atom. The highest BCUT2D eigenvalue weighted by molar-refractivity contribution is 5.95. The lowest BCUT2D eigenvalue weighted by atomic mass is 10.0. The van der Waals surface area contributed by atoms with Gasteiger partial charge in [-0.25, -0.2) is 9.59 Å². The molecule has 0 aliphatic heterocycles. The van der Waals surface area contributed by atoms with Gasteiger partial charge in [0.05, 0.1) is 0 Å². The summed E-state index contributed by atoms with van der Waals surface area (Å²) in [4.78, 5) is 22.7. The molecule has 2 rings (SSSR count). The Balaban J connectivity index is 2.88. The molecule has 0 amide bonds. The number of fused-ring (bicyclic) bond motifs is 1. The maximum absolute atomic E-state index is 11.6. The molecular formula is C13H12O4. The fourth-order valence-corrected chi connectivity index (χ4v) is 1.94. The third-order valence-electron chi connectivity index (χ3n) is 2.63. The van der Waals surface area contributed by atoms with E-state index in [1.165, 1.54) is 0 Å². The average molecular weight is 232 g/mol. The van der Waals surface area contributed by atoms with E-state index in [2.05, 4.69) is 0 Å². The van der Waals surface area contributed by atoms with Crippen LogP contribution in [0.4, 0.5) is 0 Å². The van der Waals surface area contributed by atoms with Crippen molar-refractivity contribution in [3.05, 3.63) is 45.8 Å². The van der Waals surface area contributed by atoms with Crippen LogP contribution in [0.2, 0.25) is 0 Å². The molecular weight excluding hydrogens is 220 g/mol. The van der Waals surface area contributed by atoms with Crippen LogP contribution in [0.5, 0.6) is 0 Å². The molecule has 0 unspecified atom stereocenters. The zero-order valence-electron chi connectivity index (χ0n) is 9.40. The molecule has 1 N–H and O–H groups in total. The number of carboxylic acids is 1. The minimum absolute atomic E-state index is 0.245. The summed E-state index contributed by atoms with van der Waals surface area (Å²) in [5.41, 5.74) is -0.0250. The summed E-state index contributed by atoms with van der Waals surface area (Å²) in [5, 5.41) is 9.77. The Morgan fingerprint density at radius 1 is 1.35 bits per heavy atom. The zero-order valence-corrected chi connectivity index (χ0v) is 9.40. The summed E-state index contributed by atoms with van der Waals surface area (Å²) < 4.78 is 5.00. The van der Waals surface area contributed by atoms with Crippen molar-refractivity contribution in [1.82, 2.24) is 0 Å². The van der Waals surface area contributed by atoms with E-state index in [-0.39, 0.29) is 5.56 Å². The lowest BCUT2D eigenvalue weighted by Gasteiger charge is -2.07. The molecule has 1 aromatic carbocycles. The van der Waals surface area contributed by atoms with Gasteiger partial charge in [-0.05, 0) is 18.1 Å². The van der Waals surface area contributed by atoms with Crippen molar-refractivity contribution in [2.75, 3.05) is 0 Å². The topological polar surface area (TPSA) is 67.5 Å². The van der Waals surface area contributed by atoms with Gasteiger partial charge in [-0.3, -0.25) is 0 Å². The fraction of sp³-hybridized carbons (Fsp3) is 0.231. The van der Waals surface area contributed by atoms with E-state index in [9.17, 15) is 9.59 Å². The molecule has 0 radical (unpaired) electrons. The molecule has 0 aliphatic rings. The predicted octanol–water partition coefficient (Wildman–Crippen LogP) is 2.44. The highest BCUT2D eigenvalue weighted by Gasteiger charge is 2.19. The van der Waals surface area contributed by atoms with Crippen molar-refractivity contribution in [2.24, 2.45) is 0 Å². The van der Waals surface area contributed by atoms with Gasteiger partial charge in [-0.1, -0.05) is 31.5 Å². The molecule has 0 spiro atoms. The first kappa shape index (κ1) is 11.4. The molecule has 0 atom stereocenters. The fourth-order valence-electron chi connectivity index (χ4n) is 1.94. The van der Waals surface area contributed by atoms with Crippen LogP contribution in [0.25, 0.3) is 11.0 Å². The van der Waals surface area contributed by atoms with E-state index in [0.717, 1.165) is 6.42 Å². The van der Waals surface area contributed by atoms with Crippen molar-refractivity contribution in [2.45, 2.75) is 19.8 Å². The van der Waals surface area contributed by atoms with Gasteiger partial charge in [0, 0.05) is 5.39 Å². The van der Waals surface area contributed by atoms with E-state index in [4.69, 9.17) is 9.52 Å². The average Bonchev–Trinajstić information content (AvgIpc) is 2.28. The summed E-state index contributed by atoms with van der Waals surface area (Å²) in [6.45, 7) is 1.94. The molecule has 2 aromatic rings. The van der Waals surface area contributed by atoms with E-state index in [1.54, 1.807) is 24.3 Å². The molecule has 0 fully saturated rings. The first-order valence-electron chi connectivity index (χ1n) is 5.43. The van der Waals surface area contributed by atoms with Crippen LogP contribution in [0.15, 0.2) is 33.5 Å². The molecule has 0 bridgehead atoms. The summed E-state index contributed by atoms with van der Waals surface area (Å²) in [7, 11) is 0. The largest absolute Gasteiger partial charge is 0.477 e. The van der Waals surface area contributed by atoms with Crippen molar-refractivity contribution in [3.63, 3.8) is 0 Å². The first-order valence-corrected chi connectivity index (χ1v) is 5.43. The number of carboxylic acid groups (broad SMARTS) is 1. The number of carbonyl (C=O) groups is 1. The van der Waals surface area contributed by atoms with E-state index >= 15 is 0 Å². The normalized spacial score (nSPS) is 10.6. The minimum atomic E-state index is -1.23. The van der Waals surface area contributed by atoms with E-state index in [0.29, 0.717) is 23.0 Å². The first-order chi connectivity index (χ1) is 8.15. The van der Waals surface area contributed by atoms with Gasteiger partial charge in [0.2, 0.25) is 0 Å². The maximum atomic E-state index is 11.6. The number of hydrogen-bond acceptors (Lipinski definition) is 3. The quantitative estimate of drug-likeness (QED) is 0.825. The third kappa shape index (κ3) is 1.93.